The van der Waals surface area contributed by atoms with E-state index in [4.69, 9.17) is 29.3 Å². The van der Waals surface area contributed by atoms with Crippen LogP contribution in [0.3, 0.4) is 0 Å². The van der Waals surface area contributed by atoms with Gasteiger partial charge in [0.25, 0.3) is 0 Å². The Bertz CT molecular complexity index is 1310. The quantitative estimate of drug-likeness (QED) is 0.494. The molecule has 6 nitrogen and oxygen atoms in total. The Kier molecular flexibility index (Phi) is 7.88. The van der Waals surface area contributed by atoms with Crippen LogP contribution in [-0.4, -0.2) is 53.0 Å². The third-order valence-corrected chi connectivity index (χ3v) is 6.52. The number of hydrogen-bond acceptors (Lipinski definition) is 4. The number of nitrogens with one attached hydrogen (secondary N) is 1. The molecule has 1 aromatic heterocycles. The van der Waals surface area contributed by atoms with E-state index in [1.165, 1.54) is 0 Å². The zero-order valence-corrected chi connectivity index (χ0v) is 23.1. The molecule has 0 aliphatic carbocycles. The molecule has 4 rings (SSSR count). The first-order valence-electron chi connectivity index (χ1n) is 12.6. The summed E-state index contributed by atoms with van der Waals surface area (Å²) in [5, 5.41) is 4.01. The third kappa shape index (κ3) is 6.48. The summed E-state index contributed by atoms with van der Waals surface area (Å²) in [7, 11) is 9.68. The normalized spacial score (nSPS) is 16.2. The van der Waals surface area contributed by atoms with E-state index in [0.29, 0.717) is 17.2 Å². The van der Waals surface area contributed by atoms with Gasteiger partial charge in [-0.05, 0) is 0 Å². The van der Waals surface area contributed by atoms with Gasteiger partial charge in [-0.1, -0.05) is 20.8 Å². The summed E-state index contributed by atoms with van der Waals surface area (Å²) in [6.07, 6.45) is 3.02. The fourth-order valence-electron chi connectivity index (χ4n) is 4.53. The van der Waals surface area contributed by atoms with E-state index in [2.05, 4.69) is 61.1 Å². The Morgan fingerprint density at radius 1 is 1.19 bits per heavy atom. The molecular formula is C28H33B2ClN4O2. The van der Waals surface area contributed by atoms with Crippen LogP contribution in [0.2, 0.25) is 5.02 Å². The Balaban J connectivity index is 1.52. The average molecular weight is 515 g/mol. The van der Waals surface area contributed by atoms with Gasteiger partial charge in [0.15, 0.2) is 0 Å². The standard InChI is InChI=1S/C28H33B2ClN4O2/c1-17(2)37-24-12-11-20(14-22(24)31)26-30-35(29)25(36)15-21(32-26)13-18-7-9-19(10-8-18)23-16-34(6)27(33-23)28(3,4)5/h7-12,14,16-17,21,32H,13,15H2,1-6H3/t21-/m0/s1. The minimum atomic E-state index is -0.154. The van der Waals surface area contributed by atoms with Crippen molar-refractivity contribution in [2.24, 2.45) is 7.05 Å². The summed E-state index contributed by atoms with van der Waals surface area (Å²) in [4.78, 5) is 17.5. The predicted octanol–water partition coefficient (Wildman–Crippen LogP) is 4.44. The maximum atomic E-state index is 12.6. The molecule has 2 radical (unpaired) electrons. The Hall–Kier alpha value is -2.99. The van der Waals surface area contributed by atoms with E-state index in [-0.39, 0.29) is 29.9 Å². The van der Waals surface area contributed by atoms with E-state index >= 15 is 0 Å². The van der Waals surface area contributed by atoms with Crippen molar-refractivity contribution in [2.75, 3.05) is 0 Å². The fraction of sp³-hybridized carbons (Fsp3) is 0.393. The number of ether oxygens (including phenoxy) is 1. The molecule has 0 unspecified atom stereocenters. The summed E-state index contributed by atoms with van der Waals surface area (Å²) < 4.78 is 8.98. The molecule has 0 fully saturated rings. The second kappa shape index (κ2) is 10.8. The predicted molar refractivity (Wildman–Crippen MR) is 152 cm³/mol. The number of rotatable bonds is 6. The van der Waals surface area contributed by atoms with Gasteiger partial charge in [0.1, 0.15) is 0 Å². The Labute approximate surface area is 226 Å². The van der Waals surface area contributed by atoms with Crippen LogP contribution in [0.15, 0.2) is 48.7 Å². The minimum absolute atomic E-state index is 0.0182. The molecule has 1 aliphatic rings. The first-order chi connectivity index (χ1) is 17.4. The van der Waals surface area contributed by atoms with Gasteiger partial charge in [0, 0.05) is 0 Å². The van der Waals surface area contributed by atoms with Crippen LogP contribution in [0.25, 0.3) is 11.3 Å². The first kappa shape index (κ1) is 27.1. The Morgan fingerprint density at radius 2 is 1.86 bits per heavy atom. The van der Waals surface area contributed by atoms with Gasteiger partial charge in [-0.3, -0.25) is 0 Å². The van der Waals surface area contributed by atoms with Gasteiger partial charge in [-0.15, -0.1) is 0 Å². The van der Waals surface area contributed by atoms with E-state index in [0.717, 1.165) is 38.5 Å². The van der Waals surface area contributed by atoms with Crippen LogP contribution in [0.5, 0.6) is 5.75 Å². The molecule has 2 aromatic carbocycles. The summed E-state index contributed by atoms with van der Waals surface area (Å²) >= 11 is 6.47. The summed E-state index contributed by atoms with van der Waals surface area (Å²) in [6, 6.07) is 13.8. The van der Waals surface area contributed by atoms with Crippen LogP contribution < -0.4 is 10.1 Å². The summed E-state index contributed by atoms with van der Waals surface area (Å²) in [6.45, 7) is 10.4. The number of amides is 1. The molecule has 0 saturated carbocycles. The number of carbonyl (C=O) groups excluding carboxylic acids is 1. The number of benzene rings is 2. The van der Waals surface area contributed by atoms with Gasteiger partial charge in [-0.25, -0.2) is 0 Å². The second-order valence-corrected chi connectivity index (χ2v) is 11.3. The molecule has 0 bridgehead atoms. The van der Waals surface area contributed by atoms with E-state index in [1.807, 2.05) is 39.1 Å². The van der Waals surface area contributed by atoms with Crippen molar-refractivity contribution >= 4 is 38.1 Å². The van der Waals surface area contributed by atoms with Crippen molar-refractivity contribution in [1.29, 1.82) is 0 Å². The number of nitrogens with zero attached hydrogens (tertiary/aromatic N) is 3. The molecule has 37 heavy (non-hydrogen) atoms. The monoisotopic (exact) mass is 514 g/mol. The molecule has 3 aromatic rings. The number of imidazole rings is 1. The van der Waals surface area contributed by atoms with Gasteiger partial charge >= 0.3 is 206 Å². The molecule has 190 valence electrons. The zero-order valence-electron chi connectivity index (χ0n) is 22.4. The molecule has 2 heterocycles. The average Bonchev–Trinajstić information content (AvgIpc) is 3.15. The maximum absolute atomic E-state index is 12.6. The third-order valence-electron chi connectivity index (χ3n) is 6.22. The number of hydrogen-bond donors (Lipinski definition) is 1. The molecule has 1 amide bonds. The van der Waals surface area contributed by atoms with Crippen LogP contribution in [-0.2, 0) is 23.7 Å². The van der Waals surface area contributed by atoms with Crippen molar-refractivity contribution in [3.8, 4) is 17.0 Å². The molecular weight excluding hydrogens is 481 g/mol. The fourth-order valence-corrected chi connectivity index (χ4v) is 4.76. The molecule has 0 spiro atoms. The molecule has 9 heteroatoms. The van der Waals surface area contributed by atoms with Gasteiger partial charge in [-0.2, -0.15) is 0 Å². The SMILES string of the molecule is [B]N1B=C(c2ccc(OC(C)C)c(Cl)c2)N[C@@H](Cc2ccc(-c3cn(C)c(C(C)(C)C)n3)cc2)CC1=O. The Morgan fingerprint density at radius 3 is 2.46 bits per heavy atom. The molecule has 1 N–H and O–H groups in total. The number of halogens is 1. The van der Waals surface area contributed by atoms with Crippen LogP contribution in [0, 0.1) is 0 Å². The molecule has 1 atom stereocenters. The van der Waals surface area contributed by atoms with Crippen molar-refractivity contribution < 1.29 is 9.53 Å². The van der Waals surface area contributed by atoms with Crippen molar-refractivity contribution in [3.63, 3.8) is 0 Å². The topological polar surface area (TPSA) is 59.4 Å². The number of aryl methyl sites for hydroxylation is 1. The number of carbonyl (C=O) groups is 1. The van der Waals surface area contributed by atoms with Crippen LogP contribution in [0.1, 0.15) is 58.0 Å². The molecule has 1 aliphatic heterocycles. The molecule has 0 saturated heterocycles. The van der Waals surface area contributed by atoms with Crippen LogP contribution in [0.4, 0.5) is 0 Å². The zero-order chi connectivity index (χ0) is 26.9. The first-order valence-corrected chi connectivity index (χ1v) is 12.9. The van der Waals surface area contributed by atoms with Crippen LogP contribution >= 0.6 is 11.6 Å². The second-order valence-electron chi connectivity index (χ2n) is 10.9. The van der Waals surface area contributed by atoms with Gasteiger partial charge < -0.3 is 0 Å². The van der Waals surface area contributed by atoms with Crippen molar-refractivity contribution in [3.05, 3.63) is 70.6 Å². The van der Waals surface area contributed by atoms with Crippen molar-refractivity contribution in [1.82, 2.24) is 19.6 Å². The number of aromatic nitrogens is 2. The van der Waals surface area contributed by atoms with E-state index < -0.39 is 0 Å². The van der Waals surface area contributed by atoms with Gasteiger partial charge in [0.2, 0.25) is 0 Å². The summed E-state index contributed by atoms with van der Waals surface area (Å²) in [5.74, 6) is 1.51. The van der Waals surface area contributed by atoms with E-state index in [9.17, 15) is 4.79 Å². The van der Waals surface area contributed by atoms with Gasteiger partial charge in [0.05, 0.1) is 0 Å². The summed E-state index contributed by atoms with van der Waals surface area (Å²) in [5.41, 5.74) is 4.66. The van der Waals surface area contributed by atoms with Crippen molar-refractivity contribution in [2.45, 2.75) is 65.0 Å². The van der Waals surface area contributed by atoms with E-state index in [1.54, 1.807) is 7.06 Å².